The molecule has 112 valence electrons. The Balaban J connectivity index is 2.99. The van der Waals surface area contributed by atoms with E-state index in [0.29, 0.717) is 6.07 Å². The first-order valence-corrected chi connectivity index (χ1v) is 5.16. The van der Waals surface area contributed by atoms with Crippen LogP contribution in [0.2, 0.25) is 0 Å². The van der Waals surface area contributed by atoms with Crippen molar-refractivity contribution in [2.24, 2.45) is 0 Å². The number of fused-ring (bicyclic) bond motifs is 1. The Bertz CT molecular complexity index is 851. The number of nitro groups is 4. The number of nitro benzene ring substituents is 2. The zero-order valence-electron chi connectivity index (χ0n) is 10.1. The van der Waals surface area contributed by atoms with E-state index in [4.69, 9.17) is 0 Å². The fraction of sp³-hybridized carbons (Fsp3) is 0. The second-order valence-electron chi connectivity index (χ2n) is 3.70. The van der Waals surface area contributed by atoms with Crippen molar-refractivity contribution in [1.82, 2.24) is 9.97 Å². The maximum atomic E-state index is 11.0. The summed E-state index contributed by atoms with van der Waals surface area (Å²) >= 11 is 0. The Kier molecular flexibility index (Phi) is 3.26. The number of nitrogens with zero attached hydrogens (tertiary/aromatic N) is 6. The summed E-state index contributed by atoms with van der Waals surface area (Å²) in [6.45, 7) is 0. The largest absolute Gasteiger partial charge is 0.463 e. The van der Waals surface area contributed by atoms with Crippen LogP contribution in [0.5, 0.6) is 0 Å². The lowest BCUT2D eigenvalue weighted by atomic mass is 10.2. The van der Waals surface area contributed by atoms with Crippen molar-refractivity contribution < 1.29 is 19.7 Å². The molecule has 14 nitrogen and oxygen atoms in total. The molecule has 0 N–H and O–H groups in total. The van der Waals surface area contributed by atoms with Gasteiger partial charge in [0, 0.05) is 12.1 Å². The van der Waals surface area contributed by atoms with Crippen LogP contribution >= 0.6 is 0 Å². The Morgan fingerprint density at radius 3 is 1.73 bits per heavy atom. The molecule has 0 aliphatic rings. The topological polar surface area (TPSA) is 198 Å². The summed E-state index contributed by atoms with van der Waals surface area (Å²) in [6, 6.07) is 1.59. The maximum Gasteiger partial charge on any atom is 0.463 e. The molecule has 0 atom stereocenters. The highest BCUT2D eigenvalue weighted by atomic mass is 16.6. The second kappa shape index (κ2) is 4.93. The minimum atomic E-state index is -1.35. The number of hydrogen-bond donors (Lipinski definition) is 0. The van der Waals surface area contributed by atoms with Crippen LogP contribution in [0.3, 0.4) is 0 Å². The Morgan fingerprint density at radius 2 is 1.27 bits per heavy atom. The van der Waals surface area contributed by atoms with Crippen molar-refractivity contribution in [3.05, 3.63) is 52.6 Å². The van der Waals surface area contributed by atoms with Crippen molar-refractivity contribution in [2.75, 3.05) is 0 Å². The van der Waals surface area contributed by atoms with E-state index in [-0.39, 0.29) is 0 Å². The van der Waals surface area contributed by atoms with Crippen LogP contribution in [0.1, 0.15) is 0 Å². The molecule has 0 bridgehead atoms. The summed E-state index contributed by atoms with van der Waals surface area (Å²) in [5.74, 6) is -2.57. The molecule has 0 saturated carbocycles. The first-order chi connectivity index (χ1) is 10.2. The molecule has 0 spiro atoms. The van der Waals surface area contributed by atoms with Gasteiger partial charge in [0.05, 0.1) is 9.85 Å². The van der Waals surface area contributed by atoms with Crippen molar-refractivity contribution in [3.8, 4) is 0 Å². The lowest BCUT2D eigenvalue weighted by Crippen LogP contribution is -2.05. The van der Waals surface area contributed by atoms with Gasteiger partial charge in [-0.3, -0.25) is 20.2 Å². The molecule has 0 saturated heterocycles. The van der Waals surface area contributed by atoms with E-state index < -0.39 is 53.7 Å². The molecule has 0 fully saturated rings. The second-order valence-corrected chi connectivity index (χ2v) is 3.70. The average Bonchev–Trinajstić information content (AvgIpc) is 2.43. The van der Waals surface area contributed by atoms with Crippen LogP contribution < -0.4 is 0 Å². The minimum Gasteiger partial charge on any atom is -0.358 e. The van der Waals surface area contributed by atoms with Crippen LogP contribution in [-0.2, 0) is 0 Å². The van der Waals surface area contributed by atoms with E-state index in [1.54, 1.807) is 0 Å². The fourth-order valence-corrected chi connectivity index (χ4v) is 1.65. The molecular formula is C8H2N6O8. The molecule has 22 heavy (non-hydrogen) atoms. The third kappa shape index (κ3) is 2.19. The van der Waals surface area contributed by atoms with Gasteiger partial charge in [-0.2, -0.15) is 0 Å². The lowest BCUT2D eigenvalue weighted by molar-refractivity contribution is -0.429. The fourth-order valence-electron chi connectivity index (χ4n) is 1.65. The van der Waals surface area contributed by atoms with Gasteiger partial charge < -0.3 is 20.2 Å². The van der Waals surface area contributed by atoms with Gasteiger partial charge in [0.15, 0.2) is 0 Å². The molecule has 14 heteroatoms. The summed E-state index contributed by atoms with van der Waals surface area (Å²) in [4.78, 5) is 45.1. The van der Waals surface area contributed by atoms with Crippen molar-refractivity contribution in [2.45, 2.75) is 0 Å². The summed E-state index contributed by atoms with van der Waals surface area (Å²) in [7, 11) is 0. The van der Waals surface area contributed by atoms with E-state index in [1.165, 1.54) is 0 Å². The molecule has 0 unspecified atom stereocenters. The summed E-state index contributed by atoms with van der Waals surface area (Å²) in [5, 5.41) is 43.2. The summed E-state index contributed by atoms with van der Waals surface area (Å²) in [6.07, 6.45) is 0. The van der Waals surface area contributed by atoms with Gasteiger partial charge in [0.25, 0.3) is 0 Å². The number of benzene rings is 1. The van der Waals surface area contributed by atoms with E-state index in [0.717, 1.165) is 6.07 Å². The third-order valence-corrected chi connectivity index (χ3v) is 2.48. The zero-order chi connectivity index (χ0) is 16.6. The highest BCUT2D eigenvalue weighted by Gasteiger charge is 2.38. The van der Waals surface area contributed by atoms with Crippen LogP contribution in [0.25, 0.3) is 11.0 Å². The van der Waals surface area contributed by atoms with Crippen molar-refractivity contribution in [3.63, 3.8) is 0 Å². The maximum absolute atomic E-state index is 11.0. The molecular weight excluding hydrogens is 308 g/mol. The number of aromatic nitrogens is 2. The van der Waals surface area contributed by atoms with Gasteiger partial charge in [-0.05, 0) is 19.8 Å². The summed E-state index contributed by atoms with van der Waals surface area (Å²) < 4.78 is 0. The van der Waals surface area contributed by atoms with E-state index >= 15 is 0 Å². The predicted molar refractivity (Wildman–Crippen MR) is 66.2 cm³/mol. The highest BCUT2D eigenvalue weighted by Crippen LogP contribution is 2.35. The highest BCUT2D eigenvalue weighted by molar-refractivity contribution is 5.90. The van der Waals surface area contributed by atoms with Gasteiger partial charge >= 0.3 is 28.5 Å². The van der Waals surface area contributed by atoms with Gasteiger partial charge in [-0.25, -0.2) is 0 Å². The van der Waals surface area contributed by atoms with E-state index in [2.05, 4.69) is 9.97 Å². The SMILES string of the molecule is O=[N+]([O-])c1ccc2nc([N+](=O)[O-])c([N+](=O)[O-])nc2c1[N+](=O)[O-]. The normalized spacial score (nSPS) is 10.4. The first kappa shape index (κ1) is 14.6. The van der Waals surface area contributed by atoms with Gasteiger partial charge in [0.2, 0.25) is 5.52 Å². The third-order valence-electron chi connectivity index (χ3n) is 2.48. The van der Waals surface area contributed by atoms with Crippen LogP contribution in [0.15, 0.2) is 12.1 Å². The zero-order valence-corrected chi connectivity index (χ0v) is 10.1. The Morgan fingerprint density at radius 1 is 0.727 bits per heavy atom. The van der Waals surface area contributed by atoms with Crippen LogP contribution in [-0.4, -0.2) is 29.7 Å². The Labute approximate surface area is 117 Å². The van der Waals surface area contributed by atoms with Gasteiger partial charge in [-0.15, -0.1) is 0 Å². The van der Waals surface area contributed by atoms with Crippen molar-refractivity contribution >= 4 is 34.0 Å². The van der Waals surface area contributed by atoms with E-state index in [1.807, 2.05) is 0 Å². The Hall–Kier alpha value is -3.84. The number of rotatable bonds is 4. The van der Waals surface area contributed by atoms with Crippen LogP contribution in [0.4, 0.5) is 23.0 Å². The molecule has 2 rings (SSSR count). The molecule has 1 aromatic carbocycles. The molecule has 0 radical (unpaired) electrons. The molecule has 0 aliphatic heterocycles. The van der Waals surface area contributed by atoms with Gasteiger partial charge in [0.1, 0.15) is 0 Å². The van der Waals surface area contributed by atoms with Crippen molar-refractivity contribution in [1.29, 1.82) is 0 Å². The summed E-state index contributed by atoms with van der Waals surface area (Å²) in [5.41, 5.74) is -3.32. The van der Waals surface area contributed by atoms with Crippen LogP contribution in [0, 0.1) is 40.5 Å². The van der Waals surface area contributed by atoms with Gasteiger partial charge in [-0.1, -0.05) is 0 Å². The number of hydrogen-bond acceptors (Lipinski definition) is 10. The van der Waals surface area contributed by atoms with E-state index in [9.17, 15) is 40.5 Å². The molecule has 1 heterocycles. The molecule has 1 aromatic heterocycles. The predicted octanol–water partition coefficient (Wildman–Crippen LogP) is 1.26. The monoisotopic (exact) mass is 310 g/mol. The molecule has 0 aliphatic carbocycles. The lowest BCUT2D eigenvalue weighted by Gasteiger charge is -1.97. The first-order valence-electron chi connectivity index (χ1n) is 5.16. The minimum absolute atomic E-state index is 0.449. The quantitative estimate of drug-likeness (QED) is 0.584. The average molecular weight is 310 g/mol. The standard InChI is InChI=1S/C8H2N6O8/c15-11(16)4-2-1-3-5(6(4)12(17)18)10-8(14(21)22)7(9-3)13(19)20/h1-2H. The smallest absolute Gasteiger partial charge is 0.358 e. The molecule has 0 amide bonds. The molecule has 2 aromatic rings.